The first kappa shape index (κ1) is 31.6. The van der Waals surface area contributed by atoms with Crippen molar-refractivity contribution in [3.8, 4) is 11.5 Å². The van der Waals surface area contributed by atoms with Crippen molar-refractivity contribution in [1.29, 1.82) is 0 Å². The number of benzene rings is 4. The fourth-order valence-electron chi connectivity index (χ4n) is 8.03. The Morgan fingerprint density at radius 3 is 2.43 bits per heavy atom. The summed E-state index contributed by atoms with van der Waals surface area (Å²) in [6, 6.07) is 42.2. The zero-order valence-corrected chi connectivity index (χ0v) is 30.9. The van der Waals surface area contributed by atoms with Gasteiger partial charge in [0.15, 0.2) is 8.07 Å². The number of allylic oxidation sites excluding steroid dienone is 4. The average molecular weight is 835 g/mol. The molecule has 4 heterocycles. The maximum atomic E-state index is 6.62. The van der Waals surface area contributed by atoms with Gasteiger partial charge in [-0.1, -0.05) is 74.2 Å². The van der Waals surface area contributed by atoms with Gasteiger partial charge in [0.2, 0.25) is 0 Å². The van der Waals surface area contributed by atoms with Crippen LogP contribution in [0.5, 0.6) is 11.5 Å². The summed E-state index contributed by atoms with van der Waals surface area (Å²) in [7, 11) is -0.895. The van der Waals surface area contributed by atoms with Gasteiger partial charge < -0.3 is 19.4 Å². The van der Waals surface area contributed by atoms with Crippen molar-refractivity contribution in [2.45, 2.75) is 32.1 Å². The molecular weight excluding hydrogens is 800 g/mol. The van der Waals surface area contributed by atoms with E-state index in [2.05, 4.69) is 127 Å². The second-order valence-electron chi connectivity index (χ2n) is 13.3. The standard InChI is InChI=1S/C42H35N4OSi.Pt/c1-42(2)33-15-4-8-19-39(33)48(41-21-10-11-24-43-41,40-20-9-5-16-34(40)42)32-22-23-38-36(28-32)46(35-17-6-7-18-37(35)47-38)31-14-12-13-30(27-31)45-26-25-44(3)29-45;/h4,6-8,10-26,29H,5,9H2,1-3H3;/q-3;. The first-order valence-electron chi connectivity index (χ1n) is 16.6. The van der Waals surface area contributed by atoms with E-state index in [1.54, 1.807) is 0 Å². The van der Waals surface area contributed by atoms with Gasteiger partial charge >= 0.3 is 0 Å². The Kier molecular flexibility index (Phi) is 7.77. The van der Waals surface area contributed by atoms with Crippen LogP contribution in [-0.4, -0.2) is 25.0 Å². The van der Waals surface area contributed by atoms with E-state index in [0.717, 1.165) is 52.4 Å². The van der Waals surface area contributed by atoms with Crippen LogP contribution in [0.15, 0.2) is 139 Å². The van der Waals surface area contributed by atoms with E-state index in [4.69, 9.17) is 9.72 Å². The number of aromatic nitrogens is 1. The Morgan fingerprint density at radius 2 is 1.59 bits per heavy atom. The minimum Gasteiger partial charge on any atom is -0.513 e. The molecule has 1 unspecified atom stereocenters. The summed E-state index contributed by atoms with van der Waals surface area (Å²) < 4.78 is 6.62. The molecule has 0 bridgehead atoms. The molecule has 0 spiro atoms. The Balaban J connectivity index is 0.00000348. The van der Waals surface area contributed by atoms with E-state index >= 15 is 0 Å². The molecule has 0 radical (unpaired) electrons. The molecule has 1 aliphatic carbocycles. The van der Waals surface area contributed by atoms with Gasteiger partial charge in [-0.2, -0.15) is 30.1 Å². The van der Waals surface area contributed by atoms with Gasteiger partial charge in [0, 0.05) is 43.7 Å². The number of hydrogen-bond acceptors (Lipinski definition) is 5. The molecule has 246 valence electrons. The smallest absolute Gasteiger partial charge is 0.178 e. The minimum atomic E-state index is -2.92. The SMILES string of the molecule is CN1C=CN(c2[c-]c(N3c4[c-]c([Si]5(c6ccccn6)C6=CCCC=C6C(C)(C)c6ccccc65)ccc4Oc4ccccc43)ccc2)[CH-]1.[Pt]. The van der Waals surface area contributed by atoms with Gasteiger partial charge in [0.25, 0.3) is 0 Å². The van der Waals surface area contributed by atoms with Gasteiger partial charge in [-0.3, -0.25) is 4.98 Å². The number of anilines is 4. The normalized spacial score (nSPS) is 19.8. The Morgan fingerprint density at radius 1 is 0.796 bits per heavy atom. The molecule has 0 N–H and O–H groups in total. The van der Waals surface area contributed by atoms with Crippen molar-refractivity contribution >= 4 is 46.5 Å². The van der Waals surface area contributed by atoms with Crippen LogP contribution >= 0.6 is 0 Å². The summed E-state index contributed by atoms with van der Waals surface area (Å²) in [5.41, 5.74) is 6.39. The summed E-state index contributed by atoms with van der Waals surface area (Å²) in [4.78, 5) is 11.6. The molecule has 9 rings (SSSR count). The molecule has 1 aromatic heterocycles. The number of nitrogens with zero attached hydrogens (tertiary/aromatic N) is 4. The molecule has 4 aromatic carbocycles. The van der Waals surface area contributed by atoms with E-state index in [0.29, 0.717) is 0 Å². The fourth-order valence-corrected chi connectivity index (χ4v) is 13.4. The summed E-state index contributed by atoms with van der Waals surface area (Å²) >= 11 is 0. The maximum Gasteiger partial charge on any atom is 0.178 e. The van der Waals surface area contributed by atoms with Crippen LogP contribution in [0.1, 0.15) is 32.3 Å². The van der Waals surface area contributed by atoms with E-state index in [1.165, 1.54) is 26.7 Å². The van der Waals surface area contributed by atoms with Crippen LogP contribution in [0.4, 0.5) is 22.7 Å². The van der Waals surface area contributed by atoms with Crippen molar-refractivity contribution in [3.05, 3.63) is 163 Å². The predicted molar refractivity (Wildman–Crippen MR) is 196 cm³/mol. The second kappa shape index (κ2) is 12.0. The van der Waals surface area contributed by atoms with Crippen LogP contribution in [-0.2, 0) is 26.5 Å². The third-order valence-electron chi connectivity index (χ3n) is 10.2. The number of ether oxygens (including phenoxy) is 1. The Bertz CT molecular complexity index is 2180. The molecule has 49 heavy (non-hydrogen) atoms. The van der Waals surface area contributed by atoms with Crippen molar-refractivity contribution in [2.24, 2.45) is 0 Å². The molecule has 0 saturated heterocycles. The quantitative estimate of drug-likeness (QED) is 0.136. The third kappa shape index (κ3) is 4.79. The van der Waals surface area contributed by atoms with E-state index in [-0.39, 0.29) is 26.5 Å². The Hall–Kier alpha value is -4.64. The average Bonchev–Trinajstić information content (AvgIpc) is 3.58. The largest absolute Gasteiger partial charge is 0.513 e. The third-order valence-corrected chi connectivity index (χ3v) is 14.9. The van der Waals surface area contributed by atoms with Crippen molar-refractivity contribution in [2.75, 3.05) is 16.8 Å². The number of para-hydroxylation sites is 2. The van der Waals surface area contributed by atoms with Crippen LogP contribution < -0.4 is 30.2 Å². The molecule has 0 amide bonds. The second-order valence-corrected chi connectivity index (χ2v) is 17.0. The molecule has 7 heteroatoms. The molecule has 5 nitrogen and oxygen atoms in total. The Labute approximate surface area is 304 Å². The maximum absolute atomic E-state index is 6.62. The zero-order chi connectivity index (χ0) is 32.5. The molecule has 5 aromatic rings. The van der Waals surface area contributed by atoms with Gasteiger partial charge in [0.05, 0.1) is 5.69 Å². The summed E-state index contributed by atoms with van der Waals surface area (Å²) in [6.45, 7) is 6.81. The first-order chi connectivity index (χ1) is 23.5. The summed E-state index contributed by atoms with van der Waals surface area (Å²) in [6.07, 6.45) is 13.1. The molecule has 0 fully saturated rings. The monoisotopic (exact) mass is 834 g/mol. The van der Waals surface area contributed by atoms with E-state index in [9.17, 15) is 0 Å². The van der Waals surface area contributed by atoms with Crippen LogP contribution in [0, 0.1) is 18.8 Å². The van der Waals surface area contributed by atoms with Gasteiger partial charge in [-0.15, -0.1) is 30.0 Å². The van der Waals surface area contributed by atoms with E-state index < -0.39 is 8.07 Å². The zero-order valence-electron chi connectivity index (χ0n) is 27.6. The molecule has 3 aliphatic heterocycles. The van der Waals surface area contributed by atoms with Crippen molar-refractivity contribution < 1.29 is 25.8 Å². The van der Waals surface area contributed by atoms with Crippen LogP contribution in [0.2, 0.25) is 0 Å². The molecule has 1 atom stereocenters. The van der Waals surface area contributed by atoms with Crippen LogP contribution in [0.3, 0.4) is 0 Å². The number of fused-ring (bicyclic) bond motifs is 4. The van der Waals surface area contributed by atoms with Crippen LogP contribution in [0.25, 0.3) is 0 Å². The molecule has 0 saturated carbocycles. The van der Waals surface area contributed by atoms with Crippen molar-refractivity contribution in [3.63, 3.8) is 0 Å². The minimum absolute atomic E-state index is 0. The summed E-state index contributed by atoms with van der Waals surface area (Å²) in [5.74, 6) is 1.57. The van der Waals surface area contributed by atoms with Gasteiger partial charge in [0.1, 0.15) is 5.75 Å². The van der Waals surface area contributed by atoms with E-state index in [1.807, 2.05) is 55.4 Å². The summed E-state index contributed by atoms with van der Waals surface area (Å²) in [5, 5.41) is 5.11. The van der Waals surface area contributed by atoms with Crippen molar-refractivity contribution in [1.82, 2.24) is 9.88 Å². The molecule has 4 aliphatic rings. The predicted octanol–water partition coefficient (Wildman–Crippen LogP) is 7.54. The van der Waals surface area contributed by atoms with Gasteiger partial charge in [-0.25, -0.2) is 0 Å². The number of pyridine rings is 1. The van der Waals surface area contributed by atoms with Gasteiger partial charge in [-0.05, 0) is 83.8 Å². The topological polar surface area (TPSA) is 31.8 Å². The molecular formula is C42H35N4OPtSi-3. The first-order valence-corrected chi connectivity index (χ1v) is 18.6. The number of rotatable bonds is 4. The number of hydrogen-bond donors (Lipinski definition) is 0. The fraction of sp³-hybridized carbons (Fsp3) is 0.143.